The van der Waals surface area contributed by atoms with Crippen molar-refractivity contribution in [2.75, 3.05) is 18.8 Å². The first-order valence-electron chi connectivity index (χ1n) is 8.90. The van der Waals surface area contributed by atoms with Crippen LogP contribution in [-0.2, 0) is 11.8 Å². The number of fused-ring (bicyclic) bond motifs is 1. The molecule has 0 unspecified atom stereocenters. The van der Waals surface area contributed by atoms with E-state index in [1.165, 1.54) is 11.8 Å². The Hall–Kier alpha value is -2.28. The number of hydrogen-bond acceptors (Lipinski definition) is 5. The largest absolute Gasteiger partial charge is 0.453 e. The Morgan fingerprint density at radius 1 is 1.27 bits per heavy atom. The van der Waals surface area contributed by atoms with Gasteiger partial charge in [-0.3, -0.25) is 4.79 Å². The monoisotopic (exact) mass is 370 g/mol. The van der Waals surface area contributed by atoms with Gasteiger partial charge in [0.15, 0.2) is 16.7 Å². The highest BCUT2D eigenvalue weighted by atomic mass is 32.2. The zero-order valence-electron chi connectivity index (χ0n) is 15.0. The predicted octanol–water partition coefficient (Wildman–Crippen LogP) is 3.58. The van der Waals surface area contributed by atoms with E-state index in [1.54, 1.807) is 0 Å². The molecule has 0 radical (unpaired) electrons. The first kappa shape index (κ1) is 17.1. The van der Waals surface area contributed by atoms with Gasteiger partial charge < -0.3 is 13.9 Å². The van der Waals surface area contributed by atoms with Gasteiger partial charge in [0.1, 0.15) is 5.58 Å². The molecule has 0 atom stereocenters. The predicted molar refractivity (Wildman–Crippen MR) is 102 cm³/mol. The molecular weight excluding hydrogens is 348 g/mol. The first-order chi connectivity index (χ1) is 12.6. The van der Waals surface area contributed by atoms with Gasteiger partial charge in [0.05, 0.1) is 5.75 Å². The molecule has 2 aromatic heterocycles. The summed E-state index contributed by atoms with van der Waals surface area (Å²) in [6, 6.07) is 9.83. The third-order valence-corrected chi connectivity index (χ3v) is 5.95. The number of hydrogen-bond donors (Lipinski definition) is 0. The van der Waals surface area contributed by atoms with Crippen LogP contribution in [0.5, 0.6) is 0 Å². The number of furan rings is 1. The maximum atomic E-state index is 12.4. The van der Waals surface area contributed by atoms with E-state index in [4.69, 9.17) is 4.42 Å². The number of aromatic nitrogens is 3. The molecule has 0 bridgehead atoms. The van der Waals surface area contributed by atoms with Gasteiger partial charge in [-0.1, -0.05) is 36.9 Å². The minimum Gasteiger partial charge on any atom is -0.453 e. The van der Waals surface area contributed by atoms with Gasteiger partial charge in [-0.15, -0.1) is 10.2 Å². The van der Waals surface area contributed by atoms with Gasteiger partial charge in [0.25, 0.3) is 0 Å². The Balaban J connectivity index is 1.45. The summed E-state index contributed by atoms with van der Waals surface area (Å²) in [6.07, 6.45) is 2.19. The van der Waals surface area contributed by atoms with Crippen molar-refractivity contribution in [1.29, 1.82) is 0 Å². The van der Waals surface area contributed by atoms with E-state index in [0.29, 0.717) is 17.3 Å². The summed E-state index contributed by atoms with van der Waals surface area (Å²) in [7, 11) is 1.90. The number of likely N-dealkylation sites (tertiary alicyclic amines) is 1. The maximum absolute atomic E-state index is 12.4. The lowest BCUT2D eigenvalue weighted by Gasteiger charge is -2.30. The average molecular weight is 370 g/mol. The number of amides is 1. The van der Waals surface area contributed by atoms with Crippen molar-refractivity contribution in [3.05, 3.63) is 30.3 Å². The second-order valence-electron chi connectivity index (χ2n) is 6.87. The molecule has 3 heterocycles. The zero-order valence-corrected chi connectivity index (χ0v) is 15.8. The molecule has 136 valence electrons. The minimum absolute atomic E-state index is 0.176. The van der Waals surface area contributed by atoms with Crippen LogP contribution >= 0.6 is 11.8 Å². The molecule has 1 aliphatic heterocycles. The van der Waals surface area contributed by atoms with Gasteiger partial charge in [-0.2, -0.15) is 0 Å². The molecule has 1 aromatic carbocycles. The highest BCUT2D eigenvalue weighted by Crippen LogP contribution is 2.28. The van der Waals surface area contributed by atoms with E-state index in [9.17, 15) is 4.79 Å². The van der Waals surface area contributed by atoms with Crippen LogP contribution in [0.1, 0.15) is 19.8 Å². The maximum Gasteiger partial charge on any atom is 0.233 e. The molecule has 7 heteroatoms. The fourth-order valence-corrected chi connectivity index (χ4v) is 4.04. The minimum atomic E-state index is 0.176. The molecule has 1 fully saturated rings. The summed E-state index contributed by atoms with van der Waals surface area (Å²) in [5, 5.41) is 10.2. The number of nitrogens with zero attached hydrogens (tertiary/aromatic N) is 4. The molecule has 3 aromatic rings. The molecule has 26 heavy (non-hydrogen) atoms. The van der Waals surface area contributed by atoms with E-state index >= 15 is 0 Å². The number of carbonyl (C=O) groups excluding carboxylic acids is 1. The van der Waals surface area contributed by atoms with Crippen molar-refractivity contribution in [2.45, 2.75) is 24.9 Å². The van der Waals surface area contributed by atoms with Crippen LogP contribution in [0.2, 0.25) is 0 Å². The van der Waals surface area contributed by atoms with Crippen LogP contribution in [0.4, 0.5) is 0 Å². The molecular formula is C19H22N4O2S. The zero-order chi connectivity index (χ0) is 18.1. The molecule has 1 saturated heterocycles. The SMILES string of the molecule is CC1CCN(C(=O)CSc2nnc(-c3cc4ccccc4o3)n2C)CC1. The van der Waals surface area contributed by atoms with Crippen molar-refractivity contribution < 1.29 is 9.21 Å². The number of piperidine rings is 1. The Morgan fingerprint density at radius 2 is 2.04 bits per heavy atom. The molecule has 6 nitrogen and oxygen atoms in total. The van der Waals surface area contributed by atoms with Crippen LogP contribution in [0, 0.1) is 5.92 Å². The number of benzene rings is 1. The summed E-state index contributed by atoms with van der Waals surface area (Å²) >= 11 is 1.43. The van der Waals surface area contributed by atoms with Crippen LogP contribution in [-0.4, -0.2) is 44.4 Å². The number of thioether (sulfide) groups is 1. The van der Waals surface area contributed by atoms with E-state index in [-0.39, 0.29) is 5.91 Å². The fourth-order valence-electron chi connectivity index (χ4n) is 3.22. The van der Waals surface area contributed by atoms with E-state index < -0.39 is 0 Å². The molecule has 1 amide bonds. The summed E-state index contributed by atoms with van der Waals surface area (Å²) in [6.45, 7) is 3.98. The number of para-hydroxylation sites is 1. The second kappa shape index (κ2) is 7.15. The van der Waals surface area contributed by atoms with Gasteiger partial charge in [0, 0.05) is 25.5 Å². The van der Waals surface area contributed by atoms with E-state index in [1.807, 2.05) is 46.8 Å². The van der Waals surface area contributed by atoms with Crippen LogP contribution < -0.4 is 0 Å². The van der Waals surface area contributed by atoms with Gasteiger partial charge in [0.2, 0.25) is 5.91 Å². The van der Waals surface area contributed by atoms with Crippen LogP contribution in [0.15, 0.2) is 39.9 Å². The Labute approximate surface area is 156 Å². The third-order valence-electron chi connectivity index (χ3n) is 4.94. The first-order valence-corrected chi connectivity index (χ1v) is 9.89. The van der Waals surface area contributed by atoms with Crippen LogP contribution in [0.3, 0.4) is 0 Å². The quantitative estimate of drug-likeness (QED) is 0.657. The molecule has 0 aliphatic carbocycles. The molecule has 0 saturated carbocycles. The van der Waals surface area contributed by atoms with Crippen molar-refractivity contribution in [1.82, 2.24) is 19.7 Å². The Bertz CT molecular complexity index is 892. The fraction of sp³-hybridized carbons (Fsp3) is 0.421. The number of carbonyl (C=O) groups is 1. The van der Waals surface area contributed by atoms with Gasteiger partial charge in [-0.05, 0) is 30.9 Å². The van der Waals surface area contributed by atoms with E-state index in [0.717, 1.165) is 48.0 Å². The second-order valence-corrected chi connectivity index (χ2v) is 7.81. The summed E-state index contributed by atoms with van der Waals surface area (Å²) in [4.78, 5) is 14.4. The normalized spacial score (nSPS) is 15.7. The molecule has 4 rings (SSSR count). The van der Waals surface area contributed by atoms with Gasteiger partial charge >= 0.3 is 0 Å². The topological polar surface area (TPSA) is 64.2 Å². The van der Waals surface area contributed by atoms with Crippen molar-refractivity contribution >= 4 is 28.6 Å². The summed E-state index contributed by atoms with van der Waals surface area (Å²) < 4.78 is 7.75. The highest BCUT2D eigenvalue weighted by molar-refractivity contribution is 7.99. The van der Waals surface area contributed by atoms with Crippen LogP contribution in [0.25, 0.3) is 22.6 Å². The summed E-state index contributed by atoms with van der Waals surface area (Å²) in [5.74, 6) is 2.64. The van der Waals surface area contributed by atoms with Crippen molar-refractivity contribution in [3.8, 4) is 11.6 Å². The molecule has 1 aliphatic rings. The smallest absolute Gasteiger partial charge is 0.233 e. The van der Waals surface area contributed by atoms with Gasteiger partial charge in [-0.25, -0.2) is 0 Å². The van der Waals surface area contributed by atoms with Crippen molar-refractivity contribution in [2.24, 2.45) is 13.0 Å². The lowest BCUT2D eigenvalue weighted by atomic mass is 9.99. The average Bonchev–Trinajstić information content (AvgIpc) is 3.23. The third kappa shape index (κ3) is 3.35. The molecule has 0 spiro atoms. The molecule has 0 N–H and O–H groups in total. The number of rotatable bonds is 4. The Kier molecular flexibility index (Phi) is 4.72. The lowest BCUT2D eigenvalue weighted by molar-refractivity contribution is -0.129. The lowest BCUT2D eigenvalue weighted by Crippen LogP contribution is -2.38. The van der Waals surface area contributed by atoms with Crippen molar-refractivity contribution in [3.63, 3.8) is 0 Å². The standard InChI is InChI=1S/C19H22N4O2S/c1-13-7-9-23(10-8-13)17(24)12-26-19-21-20-18(22(19)2)16-11-14-5-3-4-6-15(14)25-16/h3-6,11,13H,7-10,12H2,1-2H3. The van der Waals surface area contributed by atoms with E-state index in [2.05, 4.69) is 17.1 Å². The highest BCUT2D eigenvalue weighted by Gasteiger charge is 2.21. The Morgan fingerprint density at radius 3 is 2.81 bits per heavy atom. The summed E-state index contributed by atoms with van der Waals surface area (Å²) in [5.41, 5.74) is 0.828.